The summed E-state index contributed by atoms with van der Waals surface area (Å²) in [4.78, 5) is 31.9. The minimum atomic E-state index is -0.982. The summed E-state index contributed by atoms with van der Waals surface area (Å²) in [7, 11) is 0. The fraction of sp³-hybridized carbons (Fsp3) is 0.154. The zero-order valence-corrected chi connectivity index (χ0v) is 12.3. The summed E-state index contributed by atoms with van der Waals surface area (Å²) >= 11 is 0. The average molecular weight is 330 g/mol. The van der Waals surface area contributed by atoms with E-state index in [9.17, 15) is 25.0 Å². The first-order valence-electron chi connectivity index (χ1n) is 6.50. The monoisotopic (exact) mass is 330 g/mol. The quantitative estimate of drug-likeness (QED) is 0.642. The van der Waals surface area contributed by atoms with E-state index in [-0.39, 0.29) is 16.9 Å². The van der Waals surface area contributed by atoms with Crippen LogP contribution in [0.1, 0.15) is 11.3 Å². The lowest BCUT2D eigenvalue weighted by molar-refractivity contribution is -0.424. The van der Waals surface area contributed by atoms with Crippen LogP contribution in [0.4, 0.5) is 17.2 Å². The number of nitro groups is 2. The van der Waals surface area contributed by atoms with Crippen LogP contribution in [-0.4, -0.2) is 25.5 Å². The van der Waals surface area contributed by atoms with Crippen molar-refractivity contribution in [2.24, 2.45) is 0 Å². The summed E-state index contributed by atoms with van der Waals surface area (Å²) in [5.74, 6) is -1.56. The van der Waals surface area contributed by atoms with Crippen molar-refractivity contribution >= 4 is 23.1 Å². The smallest absolute Gasteiger partial charge is 0.358 e. The molecule has 0 unspecified atom stereocenters. The van der Waals surface area contributed by atoms with E-state index in [2.05, 4.69) is 10.4 Å². The number of nitrogens with one attached hydrogen (secondary N) is 1. The number of carbonyl (C=O) groups excluding carboxylic acids is 1. The Bertz CT molecular complexity index is 881. The third-order valence-corrected chi connectivity index (χ3v) is 3.13. The molecule has 122 valence electrons. The summed E-state index contributed by atoms with van der Waals surface area (Å²) in [6.07, 6.45) is 0. The number of hydrogen-bond acceptors (Lipinski definition) is 7. The lowest BCUT2D eigenvalue weighted by Gasteiger charge is -2.05. The van der Waals surface area contributed by atoms with Crippen LogP contribution in [0.2, 0.25) is 0 Å². The SMILES string of the molecule is Cc1c([N+](=O)[O-])c([N+](=O)[O-])nn1CC(=O)Nc1ccccc1C#N. The van der Waals surface area contributed by atoms with Gasteiger partial charge in [-0.15, -0.1) is 0 Å². The molecular weight excluding hydrogens is 320 g/mol. The number of para-hydroxylation sites is 1. The summed E-state index contributed by atoms with van der Waals surface area (Å²) in [6, 6.07) is 8.16. The predicted octanol–water partition coefficient (Wildman–Crippen LogP) is 1.52. The minimum absolute atomic E-state index is 0.115. The second-order valence-electron chi connectivity index (χ2n) is 4.64. The second-order valence-corrected chi connectivity index (χ2v) is 4.64. The van der Waals surface area contributed by atoms with Crippen LogP contribution in [0, 0.1) is 38.5 Å². The number of carbonyl (C=O) groups is 1. The Morgan fingerprint density at radius 3 is 2.54 bits per heavy atom. The Kier molecular flexibility index (Phi) is 4.50. The molecule has 11 nitrogen and oxygen atoms in total. The van der Waals surface area contributed by atoms with Crippen LogP contribution in [-0.2, 0) is 11.3 Å². The van der Waals surface area contributed by atoms with Gasteiger partial charge in [0.2, 0.25) is 5.91 Å². The van der Waals surface area contributed by atoms with Crippen molar-refractivity contribution in [1.82, 2.24) is 9.78 Å². The summed E-state index contributed by atoms with van der Waals surface area (Å²) in [5, 5.41) is 36.7. The van der Waals surface area contributed by atoms with Gasteiger partial charge in [-0.2, -0.15) is 9.94 Å². The first-order valence-corrected chi connectivity index (χ1v) is 6.50. The van der Waals surface area contributed by atoms with Gasteiger partial charge < -0.3 is 15.4 Å². The van der Waals surface area contributed by atoms with Crippen molar-refractivity contribution in [2.45, 2.75) is 13.5 Å². The van der Waals surface area contributed by atoms with Gasteiger partial charge >= 0.3 is 11.5 Å². The number of nitrogens with zero attached hydrogens (tertiary/aromatic N) is 5. The third-order valence-electron chi connectivity index (χ3n) is 3.13. The highest BCUT2D eigenvalue weighted by Gasteiger charge is 2.35. The van der Waals surface area contributed by atoms with Gasteiger partial charge in [0, 0.05) is 0 Å². The van der Waals surface area contributed by atoms with Crippen LogP contribution < -0.4 is 5.32 Å². The lowest BCUT2D eigenvalue weighted by Crippen LogP contribution is -2.20. The summed E-state index contributed by atoms with van der Waals surface area (Å²) < 4.78 is 0.876. The number of aromatic nitrogens is 2. The largest absolute Gasteiger partial charge is 0.468 e. The van der Waals surface area contributed by atoms with Gasteiger partial charge in [-0.1, -0.05) is 12.1 Å². The van der Waals surface area contributed by atoms with Crippen LogP contribution >= 0.6 is 0 Å². The van der Waals surface area contributed by atoms with E-state index in [4.69, 9.17) is 5.26 Å². The molecule has 0 aliphatic heterocycles. The first kappa shape index (κ1) is 16.6. The maximum atomic E-state index is 12.0. The van der Waals surface area contributed by atoms with Gasteiger partial charge in [-0.05, 0) is 24.0 Å². The zero-order valence-electron chi connectivity index (χ0n) is 12.3. The fourth-order valence-corrected chi connectivity index (χ4v) is 2.03. The molecule has 0 bridgehead atoms. The summed E-state index contributed by atoms with van der Waals surface area (Å²) in [6.45, 7) is 0.787. The highest BCUT2D eigenvalue weighted by molar-refractivity contribution is 5.92. The average Bonchev–Trinajstić information content (AvgIpc) is 2.85. The summed E-state index contributed by atoms with van der Waals surface area (Å²) in [5.41, 5.74) is -0.376. The molecule has 0 atom stereocenters. The number of amides is 1. The van der Waals surface area contributed by atoms with Crippen LogP contribution in [0.25, 0.3) is 0 Å². The number of rotatable bonds is 5. The maximum Gasteiger partial charge on any atom is 0.468 e. The Morgan fingerprint density at radius 2 is 2.00 bits per heavy atom. The molecule has 11 heteroatoms. The molecule has 0 fully saturated rings. The van der Waals surface area contributed by atoms with E-state index in [1.807, 2.05) is 6.07 Å². The standard InChI is InChI=1S/C13H10N6O5/c1-8-12(18(21)22)13(19(23)24)16-17(8)7-11(20)15-10-5-3-2-4-9(10)6-14/h2-5H,7H2,1H3,(H,15,20). The van der Waals surface area contributed by atoms with E-state index >= 15 is 0 Å². The lowest BCUT2D eigenvalue weighted by atomic mass is 10.2. The van der Waals surface area contributed by atoms with E-state index in [0.717, 1.165) is 4.68 Å². The Morgan fingerprint density at radius 1 is 1.33 bits per heavy atom. The molecule has 1 heterocycles. The molecule has 1 N–H and O–H groups in total. The van der Waals surface area contributed by atoms with Gasteiger partial charge in [0.15, 0.2) is 0 Å². The predicted molar refractivity (Wildman–Crippen MR) is 80.1 cm³/mol. The normalized spacial score (nSPS) is 10.0. The maximum absolute atomic E-state index is 12.0. The molecule has 0 radical (unpaired) electrons. The molecule has 0 spiro atoms. The van der Waals surface area contributed by atoms with Gasteiger partial charge in [0.25, 0.3) is 0 Å². The van der Waals surface area contributed by atoms with E-state index < -0.39 is 33.8 Å². The molecule has 1 aromatic heterocycles. The van der Waals surface area contributed by atoms with Gasteiger partial charge in [0.05, 0.1) is 21.3 Å². The van der Waals surface area contributed by atoms with Gasteiger partial charge in [0.1, 0.15) is 18.3 Å². The first-order chi connectivity index (χ1) is 11.3. The van der Waals surface area contributed by atoms with Gasteiger partial charge in [-0.25, -0.2) is 0 Å². The number of anilines is 1. The number of hydrogen-bond donors (Lipinski definition) is 1. The Hall–Kier alpha value is -3.81. The second kappa shape index (κ2) is 6.53. The molecule has 1 aromatic carbocycles. The molecule has 0 aliphatic rings. The van der Waals surface area contributed by atoms with Crippen molar-refractivity contribution in [3.05, 3.63) is 55.8 Å². The topological polar surface area (TPSA) is 157 Å². The zero-order chi connectivity index (χ0) is 17.9. The molecule has 0 saturated carbocycles. The molecule has 1 amide bonds. The Labute approximate surface area is 134 Å². The number of nitriles is 1. The third kappa shape index (κ3) is 3.17. The van der Waals surface area contributed by atoms with Crippen molar-refractivity contribution < 1.29 is 14.6 Å². The van der Waals surface area contributed by atoms with Crippen molar-refractivity contribution in [1.29, 1.82) is 5.26 Å². The minimum Gasteiger partial charge on any atom is -0.358 e. The molecule has 0 saturated heterocycles. The fourth-order valence-electron chi connectivity index (χ4n) is 2.03. The van der Waals surface area contributed by atoms with Gasteiger partial charge in [-0.3, -0.25) is 14.9 Å². The van der Waals surface area contributed by atoms with Crippen molar-refractivity contribution in [2.75, 3.05) is 5.32 Å². The van der Waals surface area contributed by atoms with Crippen molar-refractivity contribution in [3.8, 4) is 6.07 Å². The molecule has 2 aromatic rings. The van der Waals surface area contributed by atoms with E-state index in [1.165, 1.54) is 19.1 Å². The molecule has 0 aliphatic carbocycles. The van der Waals surface area contributed by atoms with Crippen molar-refractivity contribution in [3.63, 3.8) is 0 Å². The Balaban J connectivity index is 2.27. The van der Waals surface area contributed by atoms with E-state index in [0.29, 0.717) is 0 Å². The van der Waals surface area contributed by atoms with Crippen LogP contribution in [0.3, 0.4) is 0 Å². The van der Waals surface area contributed by atoms with Crippen LogP contribution in [0.15, 0.2) is 24.3 Å². The highest BCUT2D eigenvalue weighted by atomic mass is 16.6. The van der Waals surface area contributed by atoms with E-state index in [1.54, 1.807) is 12.1 Å². The number of benzene rings is 1. The molecule has 24 heavy (non-hydrogen) atoms. The van der Waals surface area contributed by atoms with Crippen LogP contribution in [0.5, 0.6) is 0 Å². The highest BCUT2D eigenvalue weighted by Crippen LogP contribution is 2.29. The molecular formula is C13H10N6O5. The molecule has 2 rings (SSSR count).